The van der Waals surface area contributed by atoms with Gasteiger partial charge < -0.3 is 15.4 Å². The fraction of sp³-hybridized carbons (Fsp3) is 0.769. The van der Waals surface area contributed by atoms with Gasteiger partial charge in [-0.15, -0.1) is 0 Å². The zero-order valence-electron chi connectivity index (χ0n) is 11.6. The summed E-state index contributed by atoms with van der Waals surface area (Å²) in [5.41, 5.74) is 0.877. The second kappa shape index (κ2) is 8.25. The third-order valence-electron chi connectivity index (χ3n) is 2.42. The molecule has 0 aliphatic rings. The summed E-state index contributed by atoms with van der Waals surface area (Å²) in [6.07, 6.45) is 0.917. The van der Waals surface area contributed by atoms with E-state index in [1.54, 1.807) is 0 Å². The van der Waals surface area contributed by atoms with Crippen LogP contribution in [0.5, 0.6) is 0 Å². The average molecular weight is 242 g/mol. The maximum Gasteiger partial charge on any atom is 0.234 e. The highest BCUT2D eigenvalue weighted by atomic mass is 16.5. The van der Waals surface area contributed by atoms with Gasteiger partial charge in [0, 0.05) is 12.1 Å². The Balaban J connectivity index is 3.49. The Hall–Kier alpha value is -0.870. The van der Waals surface area contributed by atoms with E-state index in [0.29, 0.717) is 26.3 Å². The second-order valence-corrected chi connectivity index (χ2v) is 4.97. The first-order valence-electron chi connectivity index (χ1n) is 6.11. The highest BCUT2D eigenvalue weighted by Crippen LogP contribution is 2.05. The average Bonchev–Trinajstić information content (AvgIpc) is 2.22. The molecule has 0 aromatic carbocycles. The molecule has 100 valence electrons. The van der Waals surface area contributed by atoms with E-state index < -0.39 is 0 Å². The van der Waals surface area contributed by atoms with Crippen molar-refractivity contribution < 1.29 is 9.53 Å². The van der Waals surface area contributed by atoms with Crippen LogP contribution < -0.4 is 10.6 Å². The smallest absolute Gasteiger partial charge is 0.234 e. The Morgan fingerprint density at radius 2 is 2.06 bits per heavy atom. The molecular weight excluding hydrogens is 216 g/mol. The van der Waals surface area contributed by atoms with Crippen LogP contribution in [0.1, 0.15) is 34.1 Å². The van der Waals surface area contributed by atoms with Crippen molar-refractivity contribution >= 4 is 5.91 Å². The summed E-state index contributed by atoms with van der Waals surface area (Å²) in [7, 11) is 0. The molecule has 0 atom stereocenters. The summed E-state index contributed by atoms with van der Waals surface area (Å²) in [5, 5.41) is 6.00. The Morgan fingerprint density at radius 1 is 1.41 bits per heavy atom. The normalized spacial score (nSPS) is 11.3. The molecule has 2 N–H and O–H groups in total. The van der Waals surface area contributed by atoms with Gasteiger partial charge in [0.1, 0.15) is 0 Å². The number of rotatable bonds is 9. The summed E-state index contributed by atoms with van der Waals surface area (Å²) in [4.78, 5) is 11.5. The van der Waals surface area contributed by atoms with Crippen LogP contribution in [0.3, 0.4) is 0 Å². The second-order valence-electron chi connectivity index (χ2n) is 4.97. The molecule has 0 aliphatic heterocycles. The largest absolute Gasteiger partial charge is 0.376 e. The predicted octanol–water partition coefficient (Wildman–Crippen LogP) is 1.47. The number of carbonyl (C=O) groups is 1. The number of ether oxygens (including phenoxy) is 1. The van der Waals surface area contributed by atoms with Gasteiger partial charge in [-0.05, 0) is 27.2 Å². The van der Waals surface area contributed by atoms with Crippen molar-refractivity contribution in [2.75, 3.05) is 26.3 Å². The maximum atomic E-state index is 11.5. The zero-order valence-corrected chi connectivity index (χ0v) is 11.6. The van der Waals surface area contributed by atoms with Crippen LogP contribution in [0, 0.1) is 0 Å². The summed E-state index contributed by atoms with van der Waals surface area (Å²) < 4.78 is 5.31. The van der Waals surface area contributed by atoms with Gasteiger partial charge in [0.2, 0.25) is 5.91 Å². The molecular formula is C13H26N2O2. The van der Waals surface area contributed by atoms with Crippen molar-refractivity contribution in [2.24, 2.45) is 0 Å². The maximum absolute atomic E-state index is 11.5. The summed E-state index contributed by atoms with van der Waals surface area (Å²) in [5.74, 6) is 0.0248. The van der Waals surface area contributed by atoms with Gasteiger partial charge in [0.15, 0.2) is 0 Å². The molecule has 0 aromatic rings. The van der Waals surface area contributed by atoms with E-state index in [1.807, 2.05) is 20.8 Å². The molecule has 4 nitrogen and oxygen atoms in total. The van der Waals surface area contributed by atoms with Crippen LogP contribution in [-0.2, 0) is 9.53 Å². The molecule has 0 aromatic heterocycles. The molecule has 0 fully saturated rings. The minimum Gasteiger partial charge on any atom is -0.376 e. The molecule has 0 radical (unpaired) electrons. The fourth-order valence-electron chi connectivity index (χ4n) is 1.10. The Morgan fingerprint density at radius 3 is 2.59 bits per heavy atom. The molecule has 0 heterocycles. The molecule has 0 spiro atoms. The van der Waals surface area contributed by atoms with Crippen LogP contribution in [0.2, 0.25) is 0 Å². The Bertz CT molecular complexity index is 250. The molecule has 0 aliphatic carbocycles. The highest BCUT2D eigenvalue weighted by Gasteiger charge is 2.16. The summed E-state index contributed by atoms with van der Waals surface area (Å²) >= 11 is 0. The molecule has 1 amide bonds. The molecule has 0 unspecified atom stereocenters. The summed E-state index contributed by atoms with van der Waals surface area (Å²) in [6, 6.07) is 0. The minimum atomic E-state index is -0.130. The predicted molar refractivity (Wildman–Crippen MR) is 71.0 cm³/mol. The zero-order chi connectivity index (χ0) is 13.3. The van der Waals surface area contributed by atoms with Gasteiger partial charge in [-0.2, -0.15) is 0 Å². The molecule has 0 saturated carbocycles. The van der Waals surface area contributed by atoms with E-state index in [-0.39, 0.29) is 11.4 Å². The van der Waals surface area contributed by atoms with E-state index >= 15 is 0 Å². The monoisotopic (exact) mass is 242 g/mol. The van der Waals surface area contributed by atoms with Gasteiger partial charge in [-0.3, -0.25) is 4.79 Å². The highest BCUT2D eigenvalue weighted by molar-refractivity contribution is 5.78. The third-order valence-corrected chi connectivity index (χ3v) is 2.42. The lowest BCUT2D eigenvalue weighted by molar-refractivity contribution is -0.121. The lowest BCUT2D eigenvalue weighted by atomic mass is 10.0. The first-order chi connectivity index (χ1) is 7.87. The number of carbonyl (C=O) groups excluding carboxylic acids is 1. The van der Waals surface area contributed by atoms with Gasteiger partial charge in [0.05, 0.1) is 19.8 Å². The minimum absolute atomic E-state index is 0.0248. The number of nitrogens with one attached hydrogen (secondary N) is 2. The SMILES string of the molecule is C=C(C)COCCNCC(=O)NC(C)(C)CC. The van der Waals surface area contributed by atoms with Crippen molar-refractivity contribution in [3.8, 4) is 0 Å². The Kier molecular flexibility index (Phi) is 7.83. The molecule has 0 bridgehead atoms. The van der Waals surface area contributed by atoms with Crippen LogP contribution in [-0.4, -0.2) is 37.7 Å². The van der Waals surface area contributed by atoms with Crippen molar-refractivity contribution in [3.05, 3.63) is 12.2 Å². The van der Waals surface area contributed by atoms with E-state index in [1.165, 1.54) is 0 Å². The lowest BCUT2D eigenvalue weighted by Crippen LogP contribution is -2.46. The number of hydrogen-bond donors (Lipinski definition) is 2. The van der Waals surface area contributed by atoms with E-state index in [9.17, 15) is 4.79 Å². The van der Waals surface area contributed by atoms with Gasteiger partial charge in [-0.25, -0.2) is 0 Å². The third kappa shape index (κ3) is 10.0. The Labute approximate surface area is 105 Å². The van der Waals surface area contributed by atoms with Crippen molar-refractivity contribution in [1.29, 1.82) is 0 Å². The lowest BCUT2D eigenvalue weighted by Gasteiger charge is -2.24. The molecule has 0 rings (SSSR count). The number of hydrogen-bond acceptors (Lipinski definition) is 3. The standard InChI is InChI=1S/C13H26N2O2/c1-6-13(4,5)15-12(16)9-14-7-8-17-10-11(2)3/h14H,2,6-10H2,1,3-5H3,(H,15,16). The first-order valence-corrected chi connectivity index (χ1v) is 6.11. The van der Waals surface area contributed by atoms with Crippen LogP contribution in [0.4, 0.5) is 0 Å². The molecule has 17 heavy (non-hydrogen) atoms. The van der Waals surface area contributed by atoms with Crippen molar-refractivity contribution in [1.82, 2.24) is 10.6 Å². The summed E-state index contributed by atoms with van der Waals surface area (Å²) in [6.45, 7) is 13.9. The fourth-order valence-corrected chi connectivity index (χ4v) is 1.10. The van der Waals surface area contributed by atoms with Crippen molar-refractivity contribution in [3.63, 3.8) is 0 Å². The van der Waals surface area contributed by atoms with Crippen LogP contribution in [0.25, 0.3) is 0 Å². The topological polar surface area (TPSA) is 50.4 Å². The van der Waals surface area contributed by atoms with E-state index in [4.69, 9.17) is 4.74 Å². The van der Waals surface area contributed by atoms with Crippen LogP contribution >= 0.6 is 0 Å². The first kappa shape index (κ1) is 16.1. The number of amides is 1. The van der Waals surface area contributed by atoms with Gasteiger partial charge in [-0.1, -0.05) is 19.1 Å². The van der Waals surface area contributed by atoms with Crippen LogP contribution in [0.15, 0.2) is 12.2 Å². The quantitative estimate of drug-likeness (QED) is 0.475. The molecule has 4 heteroatoms. The van der Waals surface area contributed by atoms with Crippen molar-refractivity contribution in [2.45, 2.75) is 39.7 Å². The van der Waals surface area contributed by atoms with E-state index in [2.05, 4.69) is 24.1 Å². The van der Waals surface area contributed by atoms with E-state index in [0.717, 1.165) is 12.0 Å². The molecule has 0 saturated heterocycles. The van der Waals surface area contributed by atoms with Gasteiger partial charge in [0.25, 0.3) is 0 Å². The van der Waals surface area contributed by atoms with Gasteiger partial charge >= 0.3 is 0 Å².